The van der Waals surface area contributed by atoms with Crippen LogP contribution in [-0.2, 0) is 4.74 Å². The molecule has 3 nitrogen and oxygen atoms in total. The number of amidine groups is 1. The van der Waals surface area contributed by atoms with Crippen molar-refractivity contribution in [2.45, 2.75) is 51.0 Å². The molecule has 1 N–H and O–H groups in total. The lowest BCUT2D eigenvalue weighted by molar-refractivity contribution is 0.105. The number of nitrogens with zero attached hydrogens (tertiary/aromatic N) is 1. The highest BCUT2D eigenvalue weighted by Crippen LogP contribution is 2.43. The molecular formula is C14H24N2OS. The van der Waals surface area contributed by atoms with Crippen molar-refractivity contribution in [3.05, 3.63) is 0 Å². The molecule has 4 heteroatoms. The van der Waals surface area contributed by atoms with Gasteiger partial charge in [-0.1, -0.05) is 24.6 Å². The van der Waals surface area contributed by atoms with Crippen LogP contribution in [0.2, 0.25) is 0 Å². The van der Waals surface area contributed by atoms with Gasteiger partial charge in [0, 0.05) is 25.4 Å². The second kappa shape index (κ2) is 5.83. The Morgan fingerprint density at radius 3 is 2.89 bits per heavy atom. The average molecular weight is 268 g/mol. The number of aliphatic imine (C=N–C) groups is 1. The van der Waals surface area contributed by atoms with Crippen molar-refractivity contribution in [1.29, 1.82) is 0 Å². The highest BCUT2D eigenvalue weighted by atomic mass is 32.2. The molecule has 3 aliphatic rings. The molecule has 2 heterocycles. The number of nitrogens with one attached hydrogen (secondary N) is 1. The van der Waals surface area contributed by atoms with Crippen LogP contribution in [0.5, 0.6) is 0 Å². The van der Waals surface area contributed by atoms with Crippen LogP contribution in [0, 0.1) is 5.41 Å². The molecule has 0 radical (unpaired) electrons. The van der Waals surface area contributed by atoms with E-state index in [4.69, 9.17) is 9.73 Å². The lowest BCUT2D eigenvalue weighted by Gasteiger charge is -2.31. The molecule has 0 aromatic rings. The van der Waals surface area contributed by atoms with E-state index in [1.54, 1.807) is 0 Å². The summed E-state index contributed by atoms with van der Waals surface area (Å²) in [5.41, 5.74) is 0.560. The normalized spacial score (nSPS) is 30.7. The summed E-state index contributed by atoms with van der Waals surface area (Å²) in [7, 11) is 0. The minimum atomic E-state index is 0.493. The van der Waals surface area contributed by atoms with Gasteiger partial charge in [-0.25, -0.2) is 0 Å². The van der Waals surface area contributed by atoms with Gasteiger partial charge in [-0.15, -0.1) is 0 Å². The number of hydrogen-bond acceptors (Lipinski definition) is 4. The van der Waals surface area contributed by atoms with Crippen LogP contribution in [0.3, 0.4) is 0 Å². The van der Waals surface area contributed by atoms with E-state index >= 15 is 0 Å². The summed E-state index contributed by atoms with van der Waals surface area (Å²) in [5, 5.41) is 4.66. The van der Waals surface area contributed by atoms with Crippen molar-refractivity contribution in [2.24, 2.45) is 10.4 Å². The summed E-state index contributed by atoms with van der Waals surface area (Å²) in [6, 6.07) is 0. The first-order valence-corrected chi connectivity index (χ1v) is 8.38. The Kier molecular flexibility index (Phi) is 4.14. The number of hydrogen-bond donors (Lipinski definition) is 1. The van der Waals surface area contributed by atoms with Crippen LogP contribution in [0.25, 0.3) is 0 Å². The van der Waals surface area contributed by atoms with E-state index in [0.29, 0.717) is 11.5 Å². The molecular weight excluding hydrogens is 244 g/mol. The molecule has 1 atom stereocenters. The molecule has 0 amide bonds. The molecule has 1 spiro atoms. The van der Waals surface area contributed by atoms with Crippen LogP contribution in [0.4, 0.5) is 0 Å². The lowest BCUT2D eigenvalue weighted by Crippen LogP contribution is -2.34. The van der Waals surface area contributed by atoms with E-state index in [1.807, 2.05) is 11.8 Å². The molecule has 1 unspecified atom stereocenters. The first kappa shape index (κ1) is 12.8. The standard InChI is InChI=1S/C14H24N2OS/c1-2-7-14(6-1)10-16-13(18-11-14)15-8-5-12-4-3-9-17-12/h12H,1-11H2,(H,15,16). The lowest BCUT2D eigenvalue weighted by atomic mass is 9.89. The van der Waals surface area contributed by atoms with Gasteiger partial charge in [-0.3, -0.25) is 4.99 Å². The van der Waals surface area contributed by atoms with E-state index in [0.717, 1.165) is 26.1 Å². The zero-order valence-electron chi connectivity index (χ0n) is 11.1. The fourth-order valence-electron chi connectivity index (χ4n) is 3.30. The van der Waals surface area contributed by atoms with E-state index in [9.17, 15) is 0 Å². The van der Waals surface area contributed by atoms with Gasteiger partial charge in [-0.2, -0.15) is 0 Å². The summed E-state index contributed by atoms with van der Waals surface area (Å²) in [6.07, 6.45) is 9.72. The second-order valence-electron chi connectivity index (χ2n) is 5.97. The molecule has 0 aromatic carbocycles. The number of thioether (sulfide) groups is 1. The molecule has 0 bridgehead atoms. The van der Waals surface area contributed by atoms with Gasteiger partial charge >= 0.3 is 0 Å². The zero-order chi connectivity index (χ0) is 12.3. The van der Waals surface area contributed by atoms with Gasteiger partial charge < -0.3 is 10.1 Å². The predicted molar refractivity (Wildman–Crippen MR) is 77.3 cm³/mol. The van der Waals surface area contributed by atoms with Crippen molar-refractivity contribution in [2.75, 3.05) is 25.4 Å². The summed E-state index contributed by atoms with van der Waals surface area (Å²) < 4.78 is 5.63. The summed E-state index contributed by atoms with van der Waals surface area (Å²) in [6.45, 7) is 3.04. The fraction of sp³-hybridized carbons (Fsp3) is 0.929. The van der Waals surface area contributed by atoms with E-state index in [2.05, 4.69) is 5.32 Å². The molecule has 1 saturated carbocycles. The second-order valence-corrected chi connectivity index (χ2v) is 6.93. The number of rotatable bonds is 3. The van der Waals surface area contributed by atoms with Gasteiger partial charge in [0.25, 0.3) is 0 Å². The Morgan fingerprint density at radius 1 is 1.33 bits per heavy atom. The third-order valence-electron chi connectivity index (χ3n) is 4.50. The van der Waals surface area contributed by atoms with E-state index in [-0.39, 0.29) is 0 Å². The third-order valence-corrected chi connectivity index (χ3v) is 5.81. The SMILES string of the molecule is C1COC(CCNC2=NCC3(CCCC3)CS2)C1. The molecule has 2 fully saturated rings. The fourth-order valence-corrected chi connectivity index (χ4v) is 4.48. The smallest absolute Gasteiger partial charge is 0.156 e. The minimum Gasteiger partial charge on any atom is -0.378 e. The number of ether oxygens (including phenoxy) is 1. The monoisotopic (exact) mass is 268 g/mol. The Bertz CT molecular complexity index is 307. The van der Waals surface area contributed by atoms with Gasteiger partial charge in [-0.05, 0) is 37.5 Å². The Morgan fingerprint density at radius 2 is 2.22 bits per heavy atom. The maximum atomic E-state index is 5.63. The third kappa shape index (κ3) is 3.02. The summed E-state index contributed by atoms with van der Waals surface area (Å²) >= 11 is 1.94. The zero-order valence-corrected chi connectivity index (χ0v) is 11.9. The molecule has 1 aliphatic carbocycles. The van der Waals surface area contributed by atoms with E-state index in [1.165, 1.54) is 49.4 Å². The molecule has 0 aromatic heterocycles. The largest absolute Gasteiger partial charge is 0.378 e. The molecule has 18 heavy (non-hydrogen) atoms. The van der Waals surface area contributed by atoms with Crippen LogP contribution >= 0.6 is 11.8 Å². The Labute approximate surface area is 114 Å². The van der Waals surface area contributed by atoms with Gasteiger partial charge in [0.1, 0.15) is 0 Å². The summed E-state index contributed by atoms with van der Waals surface area (Å²) in [4.78, 5) is 4.76. The summed E-state index contributed by atoms with van der Waals surface area (Å²) in [5.74, 6) is 1.28. The first-order valence-electron chi connectivity index (χ1n) is 7.39. The van der Waals surface area contributed by atoms with Crippen molar-refractivity contribution >= 4 is 16.9 Å². The predicted octanol–water partition coefficient (Wildman–Crippen LogP) is 2.81. The highest BCUT2D eigenvalue weighted by Gasteiger charge is 2.36. The van der Waals surface area contributed by atoms with Gasteiger partial charge in [0.2, 0.25) is 0 Å². The maximum absolute atomic E-state index is 5.63. The van der Waals surface area contributed by atoms with Crippen LogP contribution < -0.4 is 5.32 Å². The quantitative estimate of drug-likeness (QED) is 0.854. The van der Waals surface area contributed by atoms with Crippen molar-refractivity contribution < 1.29 is 4.74 Å². The highest BCUT2D eigenvalue weighted by molar-refractivity contribution is 8.13. The van der Waals surface area contributed by atoms with Crippen LogP contribution in [0.15, 0.2) is 4.99 Å². The Hall–Kier alpha value is -0.220. The van der Waals surface area contributed by atoms with Crippen LogP contribution in [0.1, 0.15) is 44.9 Å². The molecule has 2 aliphatic heterocycles. The van der Waals surface area contributed by atoms with Crippen molar-refractivity contribution in [3.8, 4) is 0 Å². The Balaban J connectivity index is 1.39. The van der Waals surface area contributed by atoms with Crippen LogP contribution in [-0.4, -0.2) is 36.7 Å². The maximum Gasteiger partial charge on any atom is 0.156 e. The van der Waals surface area contributed by atoms with Gasteiger partial charge in [0.05, 0.1) is 6.10 Å². The molecule has 102 valence electrons. The van der Waals surface area contributed by atoms with Crippen molar-refractivity contribution in [3.63, 3.8) is 0 Å². The molecule has 1 saturated heterocycles. The average Bonchev–Trinajstić information content (AvgIpc) is 3.04. The van der Waals surface area contributed by atoms with Crippen molar-refractivity contribution in [1.82, 2.24) is 5.32 Å². The van der Waals surface area contributed by atoms with Gasteiger partial charge in [0.15, 0.2) is 5.17 Å². The minimum absolute atomic E-state index is 0.493. The molecule has 3 rings (SSSR count). The topological polar surface area (TPSA) is 33.6 Å². The van der Waals surface area contributed by atoms with E-state index < -0.39 is 0 Å². The first-order chi connectivity index (χ1) is 8.86.